The van der Waals surface area contributed by atoms with Crippen LogP contribution < -0.4 is 10.6 Å². The molecular weight excluding hydrogens is 314 g/mol. The van der Waals surface area contributed by atoms with E-state index in [1.54, 1.807) is 31.3 Å². The summed E-state index contributed by atoms with van der Waals surface area (Å²) in [6.07, 6.45) is 5.78. The number of hydrogen-bond acceptors (Lipinski definition) is 3. The molecule has 0 bridgehead atoms. The van der Waals surface area contributed by atoms with Crippen molar-refractivity contribution in [3.8, 4) is 0 Å². The van der Waals surface area contributed by atoms with E-state index in [1.165, 1.54) is 12.8 Å². The van der Waals surface area contributed by atoms with Crippen LogP contribution in [0.2, 0.25) is 0 Å². The van der Waals surface area contributed by atoms with E-state index in [1.807, 2.05) is 12.1 Å². The number of likely N-dealkylation sites (tertiary alicyclic amines) is 1. The molecule has 5 heteroatoms. The molecule has 2 amide bonds. The molecule has 0 aromatic heterocycles. The van der Waals surface area contributed by atoms with Crippen molar-refractivity contribution in [3.05, 3.63) is 41.5 Å². The van der Waals surface area contributed by atoms with Gasteiger partial charge in [-0.1, -0.05) is 19.1 Å². The molecule has 1 heterocycles. The van der Waals surface area contributed by atoms with Gasteiger partial charge in [-0.15, -0.1) is 0 Å². The predicted molar refractivity (Wildman–Crippen MR) is 101 cm³/mol. The van der Waals surface area contributed by atoms with Crippen LogP contribution in [-0.2, 0) is 4.79 Å². The fourth-order valence-electron chi connectivity index (χ4n) is 2.97. The third kappa shape index (κ3) is 6.02. The van der Waals surface area contributed by atoms with Crippen LogP contribution in [0.5, 0.6) is 0 Å². The van der Waals surface area contributed by atoms with Crippen molar-refractivity contribution >= 4 is 17.9 Å². The van der Waals surface area contributed by atoms with Gasteiger partial charge in [0.25, 0.3) is 5.91 Å². The van der Waals surface area contributed by atoms with Gasteiger partial charge in [-0.25, -0.2) is 0 Å². The monoisotopic (exact) mass is 343 g/mol. The number of benzene rings is 1. The van der Waals surface area contributed by atoms with Gasteiger partial charge in [0.2, 0.25) is 5.91 Å². The number of piperidine rings is 1. The van der Waals surface area contributed by atoms with Gasteiger partial charge >= 0.3 is 0 Å². The minimum Gasteiger partial charge on any atom is -0.355 e. The van der Waals surface area contributed by atoms with Gasteiger partial charge in [0.05, 0.1) is 0 Å². The van der Waals surface area contributed by atoms with Gasteiger partial charge in [-0.05, 0) is 62.5 Å². The molecule has 0 aliphatic carbocycles. The third-order valence-electron chi connectivity index (χ3n) is 4.84. The Kier molecular flexibility index (Phi) is 7.19. The normalized spacial score (nSPS) is 17.4. The molecule has 2 N–H and O–H groups in total. The summed E-state index contributed by atoms with van der Waals surface area (Å²) in [5, 5.41) is 5.55. The molecule has 2 rings (SSSR count). The molecule has 1 aromatic carbocycles. The van der Waals surface area contributed by atoms with Crippen LogP contribution >= 0.6 is 0 Å². The molecule has 5 nitrogen and oxygen atoms in total. The summed E-state index contributed by atoms with van der Waals surface area (Å²) in [6.45, 7) is 7.36. The van der Waals surface area contributed by atoms with Crippen molar-refractivity contribution in [3.63, 3.8) is 0 Å². The zero-order chi connectivity index (χ0) is 18.2. The van der Waals surface area contributed by atoms with Crippen molar-refractivity contribution in [2.75, 3.05) is 26.7 Å². The SMILES string of the molecule is CNC(=O)c1ccc(/C=C\C(=O)NC[C@H](C)N2CCC(C)CC2)cc1. The van der Waals surface area contributed by atoms with E-state index in [-0.39, 0.29) is 11.8 Å². The molecule has 1 fully saturated rings. The van der Waals surface area contributed by atoms with E-state index in [4.69, 9.17) is 0 Å². The maximum atomic E-state index is 12.0. The molecule has 1 aliphatic rings. The molecule has 136 valence electrons. The lowest BCUT2D eigenvalue weighted by Crippen LogP contribution is -2.45. The zero-order valence-corrected chi connectivity index (χ0v) is 15.4. The number of hydrogen-bond donors (Lipinski definition) is 2. The first kappa shape index (κ1) is 19.2. The Bertz CT molecular complexity index is 602. The van der Waals surface area contributed by atoms with Crippen LogP contribution in [-0.4, -0.2) is 49.4 Å². The Labute approximate surface area is 150 Å². The largest absolute Gasteiger partial charge is 0.355 e. The highest BCUT2D eigenvalue weighted by atomic mass is 16.2. The van der Waals surface area contributed by atoms with E-state index in [0.717, 1.165) is 24.6 Å². The fraction of sp³-hybridized carbons (Fsp3) is 0.500. The van der Waals surface area contributed by atoms with Gasteiger partial charge in [-0.3, -0.25) is 14.5 Å². The Morgan fingerprint density at radius 3 is 2.48 bits per heavy atom. The Morgan fingerprint density at radius 2 is 1.88 bits per heavy atom. The molecule has 1 atom stereocenters. The van der Waals surface area contributed by atoms with Gasteiger partial charge in [-0.2, -0.15) is 0 Å². The lowest BCUT2D eigenvalue weighted by molar-refractivity contribution is -0.116. The van der Waals surface area contributed by atoms with Gasteiger partial charge in [0.1, 0.15) is 0 Å². The highest BCUT2D eigenvalue weighted by Gasteiger charge is 2.20. The number of carbonyl (C=O) groups excluding carboxylic acids is 2. The van der Waals surface area contributed by atoms with E-state index in [0.29, 0.717) is 18.2 Å². The zero-order valence-electron chi connectivity index (χ0n) is 15.4. The number of carbonyl (C=O) groups is 2. The molecule has 1 aromatic rings. The molecule has 1 saturated heterocycles. The predicted octanol–water partition coefficient (Wildman–Crippen LogP) is 2.30. The number of nitrogens with one attached hydrogen (secondary N) is 2. The van der Waals surface area contributed by atoms with Crippen molar-refractivity contribution < 1.29 is 9.59 Å². The summed E-state index contributed by atoms with van der Waals surface area (Å²) in [5.74, 6) is 0.609. The highest BCUT2D eigenvalue weighted by Crippen LogP contribution is 2.17. The lowest BCUT2D eigenvalue weighted by atomic mass is 9.98. The number of nitrogens with zero attached hydrogens (tertiary/aromatic N) is 1. The van der Waals surface area contributed by atoms with E-state index < -0.39 is 0 Å². The van der Waals surface area contributed by atoms with Gasteiger partial charge in [0, 0.05) is 31.3 Å². The Balaban J connectivity index is 1.77. The molecule has 0 radical (unpaired) electrons. The second-order valence-corrected chi connectivity index (χ2v) is 6.85. The Morgan fingerprint density at radius 1 is 1.24 bits per heavy atom. The van der Waals surface area contributed by atoms with Crippen LogP contribution in [0.3, 0.4) is 0 Å². The van der Waals surface area contributed by atoms with Gasteiger partial charge in [0.15, 0.2) is 0 Å². The van der Waals surface area contributed by atoms with Crippen LogP contribution in [0.25, 0.3) is 6.08 Å². The van der Waals surface area contributed by atoms with Crippen LogP contribution in [0, 0.1) is 5.92 Å². The summed E-state index contributed by atoms with van der Waals surface area (Å²) in [5.41, 5.74) is 1.50. The standard InChI is InChI=1S/C20H29N3O2/c1-15-10-12-23(13-11-15)16(2)14-22-19(24)9-6-17-4-7-18(8-5-17)20(25)21-3/h4-9,15-16H,10-14H2,1-3H3,(H,21,25)(H,22,24)/b9-6-/t16-/m0/s1. The van der Waals surface area contributed by atoms with Crippen molar-refractivity contribution in [1.82, 2.24) is 15.5 Å². The lowest BCUT2D eigenvalue weighted by Gasteiger charge is -2.34. The van der Waals surface area contributed by atoms with E-state index in [9.17, 15) is 9.59 Å². The molecule has 25 heavy (non-hydrogen) atoms. The highest BCUT2D eigenvalue weighted by molar-refractivity contribution is 5.94. The Hall–Kier alpha value is -2.14. The number of rotatable bonds is 6. The molecule has 1 aliphatic heterocycles. The maximum absolute atomic E-state index is 12.0. The quantitative estimate of drug-likeness (QED) is 0.779. The second kappa shape index (κ2) is 9.37. The molecule has 0 saturated carbocycles. The van der Waals surface area contributed by atoms with Crippen LogP contribution in [0.15, 0.2) is 30.3 Å². The van der Waals surface area contributed by atoms with E-state index >= 15 is 0 Å². The van der Waals surface area contributed by atoms with Crippen LogP contribution in [0.4, 0.5) is 0 Å². The van der Waals surface area contributed by atoms with Crippen molar-refractivity contribution in [2.24, 2.45) is 5.92 Å². The summed E-state index contributed by atoms with van der Waals surface area (Å²) in [4.78, 5) is 25.9. The topological polar surface area (TPSA) is 61.4 Å². The summed E-state index contributed by atoms with van der Waals surface area (Å²) >= 11 is 0. The minimum absolute atomic E-state index is 0.0902. The molecular formula is C20H29N3O2. The average Bonchev–Trinajstić information content (AvgIpc) is 2.64. The molecule has 0 spiro atoms. The minimum atomic E-state index is -0.116. The molecule has 0 unspecified atom stereocenters. The van der Waals surface area contributed by atoms with Crippen molar-refractivity contribution in [2.45, 2.75) is 32.7 Å². The van der Waals surface area contributed by atoms with Crippen LogP contribution in [0.1, 0.15) is 42.6 Å². The summed E-state index contributed by atoms with van der Waals surface area (Å²) < 4.78 is 0. The average molecular weight is 343 g/mol. The summed E-state index contributed by atoms with van der Waals surface area (Å²) in [6, 6.07) is 7.50. The fourth-order valence-corrected chi connectivity index (χ4v) is 2.97. The maximum Gasteiger partial charge on any atom is 0.251 e. The second-order valence-electron chi connectivity index (χ2n) is 6.85. The van der Waals surface area contributed by atoms with Crippen molar-refractivity contribution in [1.29, 1.82) is 0 Å². The van der Waals surface area contributed by atoms with Gasteiger partial charge < -0.3 is 10.6 Å². The third-order valence-corrected chi connectivity index (χ3v) is 4.84. The van der Waals surface area contributed by atoms with E-state index in [2.05, 4.69) is 29.4 Å². The smallest absolute Gasteiger partial charge is 0.251 e. The first-order valence-corrected chi connectivity index (χ1v) is 9.01. The number of amides is 2. The first-order valence-electron chi connectivity index (χ1n) is 9.01. The first-order chi connectivity index (χ1) is 12.0. The summed E-state index contributed by atoms with van der Waals surface area (Å²) in [7, 11) is 1.60.